The Kier molecular flexibility index (Phi) is 4.83. The molecule has 5 heteroatoms. The van der Waals surface area contributed by atoms with Gasteiger partial charge in [-0.3, -0.25) is 9.59 Å². The Morgan fingerprint density at radius 2 is 1.71 bits per heavy atom. The second-order valence-corrected chi connectivity index (χ2v) is 5.51. The number of hydrogen-bond acceptors (Lipinski definition) is 3. The van der Waals surface area contributed by atoms with Crippen LogP contribution >= 0.6 is 0 Å². The number of ether oxygens (including phenoxy) is 1. The average molecular weight is 290 g/mol. The Balaban J connectivity index is 2.11. The van der Waals surface area contributed by atoms with Gasteiger partial charge in [-0.05, 0) is 37.1 Å². The number of methoxy groups -OCH3 is 1. The zero-order valence-electron chi connectivity index (χ0n) is 12.6. The molecule has 0 aromatic heterocycles. The van der Waals surface area contributed by atoms with E-state index >= 15 is 0 Å². The first-order valence-corrected chi connectivity index (χ1v) is 7.30. The first-order chi connectivity index (χ1) is 10.1. The van der Waals surface area contributed by atoms with E-state index in [1.54, 1.807) is 31.4 Å². The van der Waals surface area contributed by atoms with Crippen molar-refractivity contribution in [2.45, 2.75) is 44.6 Å². The molecule has 21 heavy (non-hydrogen) atoms. The van der Waals surface area contributed by atoms with Gasteiger partial charge < -0.3 is 15.4 Å². The van der Waals surface area contributed by atoms with Crippen LogP contribution in [0.1, 0.15) is 39.0 Å². The van der Waals surface area contributed by atoms with E-state index in [0.717, 1.165) is 25.0 Å². The molecule has 1 aliphatic rings. The molecule has 0 bridgehead atoms. The Labute approximate surface area is 125 Å². The molecule has 2 amide bonds. The average Bonchev–Trinajstić information content (AvgIpc) is 2.48. The molecule has 114 valence electrons. The van der Waals surface area contributed by atoms with Crippen LogP contribution in [-0.2, 0) is 9.59 Å². The van der Waals surface area contributed by atoms with E-state index < -0.39 is 5.54 Å². The maximum atomic E-state index is 12.6. The highest BCUT2D eigenvalue weighted by atomic mass is 16.5. The van der Waals surface area contributed by atoms with Crippen molar-refractivity contribution in [3.63, 3.8) is 0 Å². The lowest BCUT2D eigenvalue weighted by Crippen LogP contribution is -2.57. The van der Waals surface area contributed by atoms with Crippen molar-refractivity contribution >= 4 is 17.5 Å². The van der Waals surface area contributed by atoms with Gasteiger partial charge in [-0.1, -0.05) is 19.3 Å². The Morgan fingerprint density at radius 1 is 1.10 bits per heavy atom. The van der Waals surface area contributed by atoms with Crippen LogP contribution in [0.3, 0.4) is 0 Å². The lowest BCUT2D eigenvalue weighted by molar-refractivity contribution is -0.130. The topological polar surface area (TPSA) is 67.4 Å². The summed E-state index contributed by atoms with van der Waals surface area (Å²) in [5, 5.41) is 5.76. The van der Waals surface area contributed by atoms with Gasteiger partial charge in [0, 0.05) is 12.6 Å². The molecule has 0 spiro atoms. The molecule has 0 saturated heterocycles. The maximum absolute atomic E-state index is 12.6. The predicted molar refractivity (Wildman–Crippen MR) is 81.3 cm³/mol. The molecular formula is C16H22N2O3. The monoisotopic (exact) mass is 290 g/mol. The highest BCUT2D eigenvalue weighted by Gasteiger charge is 2.40. The van der Waals surface area contributed by atoms with Gasteiger partial charge in [0.25, 0.3) is 0 Å². The van der Waals surface area contributed by atoms with Gasteiger partial charge in [-0.25, -0.2) is 0 Å². The fourth-order valence-corrected chi connectivity index (χ4v) is 2.83. The fourth-order valence-electron chi connectivity index (χ4n) is 2.83. The van der Waals surface area contributed by atoms with Crippen LogP contribution in [0.2, 0.25) is 0 Å². The molecule has 1 saturated carbocycles. The van der Waals surface area contributed by atoms with Gasteiger partial charge in [-0.2, -0.15) is 0 Å². The number of hydrogen-bond donors (Lipinski definition) is 2. The van der Waals surface area contributed by atoms with Crippen LogP contribution in [0, 0.1) is 0 Å². The van der Waals surface area contributed by atoms with E-state index in [0.29, 0.717) is 18.5 Å². The van der Waals surface area contributed by atoms with E-state index in [1.165, 1.54) is 6.92 Å². The maximum Gasteiger partial charge on any atom is 0.250 e. The molecule has 0 radical (unpaired) electrons. The van der Waals surface area contributed by atoms with Crippen LogP contribution in [0.5, 0.6) is 5.75 Å². The second kappa shape index (κ2) is 6.61. The normalized spacial score (nSPS) is 16.9. The third kappa shape index (κ3) is 3.74. The molecule has 0 aliphatic heterocycles. The number of carbonyl (C=O) groups excluding carboxylic acids is 2. The minimum Gasteiger partial charge on any atom is -0.497 e. The summed E-state index contributed by atoms with van der Waals surface area (Å²) in [4.78, 5) is 24.1. The van der Waals surface area contributed by atoms with Gasteiger partial charge in [0.2, 0.25) is 11.8 Å². The van der Waals surface area contributed by atoms with Gasteiger partial charge in [0.05, 0.1) is 7.11 Å². The number of rotatable bonds is 4. The van der Waals surface area contributed by atoms with Crippen molar-refractivity contribution < 1.29 is 14.3 Å². The minimum absolute atomic E-state index is 0.137. The Morgan fingerprint density at radius 3 is 2.24 bits per heavy atom. The lowest BCUT2D eigenvalue weighted by Gasteiger charge is -2.36. The highest BCUT2D eigenvalue weighted by Crippen LogP contribution is 2.29. The Bertz CT molecular complexity index is 505. The molecule has 1 aromatic carbocycles. The summed E-state index contributed by atoms with van der Waals surface area (Å²) in [6.07, 6.45) is 4.40. The Hall–Kier alpha value is -2.04. The summed E-state index contributed by atoms with van der Waals surface area (Å²) in [5.74, 6) is 0.437. The molecule has 1 aromatic rings. The van der Waals surface area contributed by atoms with E-state index in [-0.39, 0.29) is 11.8 Å². The van der Waals surface area contributed by atoms with Gasteiger partial charge in [0.15, 0.2) is 0 Å². The number of benzene rings is 1. The number of carbonyl (C=O) groups is 2. The lowest BCUT2D eigenvalue weighted by atomic mass is 9.80. The third-order valence-corrected chi connectivity index (χ3v) is 3.90. The molecule has 0 unspecified atom stereocenters. The van der Waals surface area contributed by atoms with E-state index in [1.807, 2.05) is 0 Å². The molecule has 0 heterocycles. The second-order valence-electron chi connectivity index (χ2n) is 5.51. The molecule has 1 aliphatic carbocycles. The zero-order valence-corrected chi connectivity index (χ0v) is 12.6. The van der Waals surface area contributed by atoms with Crippen LogP contribution in [-0.4, -0.2) is 24.5 Å². The van der Waals surface area contributed by atoms with Crippen LogP contribution in [0.25, 0.3) is 0 Å². The van der Waals surface area contributed by atoms with Crippen molar-refractivity contribution in [2.24, 2.45) is 0 Å². The summed E-state index contributed by atoms with van der Waals surface area (Å²) in [6.45, 7) is 1.46. The van der Waals surface area contributed by atoms with Crippen molar-refractivity contribution in [3.05, 3.63) is 24.3 Å². The zero-order chi connectivity index (χ0) is 15.3. The first-order valence-electron chi connectivity index (χ1n) is 7.30. The molecule has 5 nitrogen and oxygen atoms in total. The number of amides is 2. The van der Waals surface area contributed by atoms with Crippen molar-refractivity contribution in [1.29, 1.82) is 0 Å². The highest BCUT2D eigenvalue weighted by molar-refractivity contribution is 6.00. The smallest absolute Gasteiger partial charge is 0.250 e. The minimum atomic E-state index is -0.774. The first kappa shape index (κ1) is 15.4. The number of anilines is 1. The quantitative estimate of drug-likeness (QED) is 0.895. The van der Waals surface area contributed by atoms with Crippen LogP contribution in [0.4, 0.5) is 5.69 Å². The number of nitrogens with one attached hydrogen (secondary N) is 2. The predicted octanol–water partition coefficient (Wildman–Crippen LogP) is 2.47. The molecule has 2 rings (SSSR count). The van der Waals surface area contributed by atoms with Crippen molar-refractivity contribution in [2.75, 3.05) is 12.4 Å². The third-order valence-electron chi connectivity index (χ3n) is 3.90. The molecule has 1 fully saturated rings. The fraction of sp³-hybridized carbons (Fsp3) is 0.500. The molecule has 0 atom stereocenters. The van der Waals surface area contributed by atoms with E-state index in [9.17, 15) is 9.59 Å². The summed E-state index contributed by atoms with van der Waals surface area (Å²) in [7, 11) is 1.60. The molecule has 2 N–H and O–H groups in total. The van der Waals surface area contributed by atoms with E-state index in [4.69, 9.17) is 4.74 Å². The van der Waals surface area contributed by atoms with Gasteiger partial charge in [0.1, 0.15) is 11.3 Å². The summed E-state index contributed by atoms with van der Waals surface area (Å²) < 4.78 is 5.09. The standard InChI is InChI=1S/C16H22N2O3/c1-12(19)18-16(10-4-3-5-11-16)15(20)17-13-6-8-14(21-2)9-7-13/h6-9H,3-5,10-11H2,1-2H3,(H,17,20)(H,18,19). The van der Waals surface area contributed by atoms with Crippen LogP contribution in [0.15, 0.2) is 24.3 Å². The van der Waals surface area contributed by atoms with Crippen molar-refractivity contribution in [3.8, 4) is 5.75 Å². The van der Waals surface area contributed by atoms with Gasteiger partial charge in [-0.15, -0.1) is 0 Å². The van der Waals surface area contributed by atoms with E-state index in [2.05, 4.69) is 10.6 Å². The molecular weight excluding hydrogens is 268 g/mol. The largest absolute Gasteiger partial charge is 0.497 e. The van der Waals surface area contributed by atoms with Crippen LogP contribution < -0.4 is 15.4 Å². The summed E-state index contributed by atoms with van der Waals surface area (Å²) in [5.41, 5.74) is -0.0691. The summed E-state index contributed by atoms with van der Waals surface area (Å²) >= 11 is 0. The van der Waals surface area contributed by atoms with Gasteiger partial charge >= 0.3 is 0 Å². The summed E-state index contributed by atoms with van der Waals surface area (Å²) in [6, 6.07) is 7.17. The SMILES string of the molecule is COc1ccc(NC(=O)C2(NC(C)=O)CCCCC2)cc1. The van der Waals surface area contributed by atoms with Crippen molar-refractivity contribution in [1.82, 2.24) is 5.32 Å².